The second-order valence-electron chi connectivity index (χ2n) is 5.72. The van der Waals surface area contributed by atoms with Crippen molar-refractivity contribution in [1.82, 2.24) is 10.6 Å². The third-order valence-electron chi connectivity index (χ3n) is 3.53. The minimum atomic E-state index is -0.364. The summed E-state index contributed by atoms with van der Waals surface area (Å²) in [5, 5.41) is 6.36. The van der Waals surface area contributed by atoms with Gasteiger partial charge in [-0.3, -0.25) is 4.99 Å². The van der Waals surface area contributed by atoms with Gasteiger partial charge in [-0.15, -0.1) is 24.0 Å². The summed E-state index contributed by atoms with van der Waals surface area (Å²) in [6, 6.07) is 10.1. The van der Waals surface area contributed by atoms with Crippen molar-refractivity contribution in [2.45, 2.75) is 26.1 Å². The van der Waals surface area contributed by atoms with Gasteiger partial charge in [-0.25, -0.2) is 4.39 Å². The van der Waals surface area contributed by atoms with E-state index in [0.717, 1.165) is 18.7 Å². The zero-order valence-electron chi connectivity index (χ0n) is 15.6. The molecule has 1 aromatic carbocycles. The van der Waals surface area contributed by atoms with E-state index >= 15 is 0 Å². The van der Waals surface area contributed by atoms with Crippen LogP contribution in [-0.4, -0.2) is 38.8 Å². The standard InChI is InChI=1S/C19H26FN3O3.HI/c1-15(26-18-9-4-3-8-17(18)20)13-23-19(21-2)22-10-6-11-24-14-16-7-5-12-25-16;/h3-5,7-9,12,15H,6,10-11,13-14H2,1-2H3,(H2,21,22,23);1H. The fraction of sp³-hybridized carbons (Fsp3) is 0.421. The Hall–Kier alpha value is -1.81. The van der Waals surface area contributed by atoms with Gasteiger partial charge < -0.3 is 24.5 Å². The molecule has 1 unspecified atom stereocenters. The summed E-state index contributed by atoms with van der Waals surface area (Å²) < 4.78 is 29.9. The Morgan fingerprint density at radius 3 is 2.74 bits per heavy atom. The molecule has 0 aliphatic carbocycles. The van der Waals surface area contributed by atoms with E-state index in [1.807, 2.05) is 19.1 Å². The lowest BCUT2D eigenvalue weighted by Crippen LogP contribution is -2.42. The largest absolute Gasteiger partial charge is 0.486 e. The first-order valence-corrected chi connectivity index (χ1v) is 8.65. The third kappa shape index (κ3) is 9.09. The van der Waals surface area contributed by atoms with Crippen molar-refractivity contribution in [3.05, 3.63) is 54.2 Å². The van der Waals surface area contributed by atoms with Gasteiger partial charge in [0.25, 0.3) is 0 Å². The zero-order valence-corrected chi connectivity index (χ0v) is 17.9. The summed E-state index contributed by atoms with van der Waals surface area (Å²) in [6.45, 7) is 4.20. The average molecular weight is 491 g/mol. The zero-order chi connectivity index (χ0) is 18.6. The number of halogens is 2. The van der Waals surface area contributed by atoms with Crippen molar-refractivity contribution in [2.24, 2.45) is 4.99 Å². The predicted molar refractivity (Wildman–Crippen MR) is 114 cm³/mol. The Kier molecular flexibility index (Phi) is 11.5. The summed E-state index contributed by atoms with van der Waals surface area (Å²) in [5.74, 6) is 1.37. The van der Waals surface area contributed by atoms with Gasteiger partial charge in [-0.2, -0.15) is 0 Å². The van der Waals surface area contributed by atoms with Gasteiger partial charge in [0, 0.05) is 20.2 Å². The van der Waals surface area contributed by atoms with Gasteiger partial charge in [0.1, 0.15) is 18.5 Å². The highest BCUT2D eigenvalue weighted by atomic mass is 127. The topological polar surface area (TPSA) is 68.0 Å². The van der Waals surface area contributed by atoms with Gasteiger partial charge >= 0.3 is 0 Å². The van der Waals surface area contributed by atoms with E-state index in [-0.39, 0.29) is 41.6 Å². The molecule has 1 aromatic heterocycles. The molecule has 2 N–H and O–H groups in total. The molecular weight excluding hydrogens is 464 g/mol. The number of hydrogen-bond acceptors (Lipinski definition) is 4. The second-order valence-corrected chi connectivity index (χ2v) is 5.72. The van der Waals surface area contributed by atoms with E-state index in [1.165, 1.54) is 6.07 Å². The van der Waals surface area contributed by atoms with Crippen LogP contribution in [0.25, 0.3) is 0 Å². The van der Waals surface area contributed by atoms with Crippen LogP contribution in [-0.2, 0) is 11.3 Å². The molecular formula is C19H27FIN3O3. The van der Waals surface area contributed by atoms with E-state index in [4.69, 9.17) is 13.9 Å². The number of guanidine groups is 1. The van der Waals surface area contributed by atoms with E-state index in [9.17, 15) is 4.39 Å². The quantitative estimate of drug-likeness (QED) is 0.230. The Bertz CT molecular complexity index is 668. The van der Waals surface area contributed by atoms with Crippen LogP contribution in [0.3, 0.4) is 0 Å². The first-order chi connectivity index (χ1) is 12.7. The second kappa shape index (κ2) is 13.4. The van der Waals surface area contributed by atoms with Crippen molar-refractivity contribution in [3.8, 4) is 5.75 Å². The molecule has 2 rings (SSSR count). The number of nitrogens with zero attached hydrogens (tertiary/aromatic N) is 1. The van der Waals surface area contributed by atoms with Gasteiger partial charge in [0.15, 0.2) is 17.5 Å². The number of aliphatic imine (C=N–C) groups is 1. The molecule has 6 nitrogen and oxygen atoms in total. The molecule has 0 radical (unpaired) electrons. The van der Waals surface area contributed by atoms with Crippen molar-refractivity contribution in [2.75, 3.05) is 26.7 Å². The number of benzene rings is 1. The van der Waals surface area contributed by atoms with Crippen LogP contribution in [0.2, 0.25) is 0 Å². The van der Waals surface area contributed by atoms with Crippen LogP contribution in [0.1, 0.15) is 19.1 Å². The number of ether oxygens (including phenoxy) is 2. The number of rotatable bonds is 10. The molecule has 1 atom stereocenters. The van der Waals surface area contributed by atoms with Crippen LogP contribution in [0, 0.1) is 5.82 Å². The summed E-state index contributed by atoms with van der Waals surface area (Å²) in [4.78, 5) is 4.15. The first-order valence-electron chi connectivity index (χ1n) is 8.65. The van der Waals surface area contributed by atoms with Crippen LogP contribution >= 0.6 is 24.0 Å². The Labute approximate surface area is 176 Å². The van der Waals surface area contributed by atoms with Crippen molar-refractivity contribution < 1.29 is 18.3 Å². The molecule has 0 bridgehead atoms. The van der Waals surface area contributed by atoms with E-state index in [1.54, 1.807) is 31.5 Å². The fourth-order valence-corrected chi connectivity index (χ4v) is 2.21. The number of nitrogens with one attached hydrogen (secondary N) is 2. The summed E-state index contributed by atoms with van der Waals surface area (Å²) in [7, 11) is 1.70. The average Bonchev–Trinajstić information content (AvgIpc) is 3.16. The maximum Gasteiger partial charge on any atom is 0.191 e. The Morgan fingerprint density at radius 1 is 1.22 bits per heavy atom. The highest BCUT2D eigenvalue weighted by molar-refractivity contribution is 14.0. The molecule has 0 saturated carbocycles. The van der Waals surface area contributed by atoms with E-state index in [2.05, 4.69) is 15.6 Å². The Balaban J connectivity index is 0.00000364. The monoisotopic (exact) mass is 491 g/mol. The lowest BCUT2D eigenvalue weighted by atomic mass is 10.3. The molecule has 1 heterocycles. The third-order valence-corrected chi connectivity index (χ3v) is 3.53. The maximum absolute atomic E-state index is 13.6. The van der Waals surface area contributed by atoms with Gasteiger partial charge in [0.05, 0.1) is 12.8 Å². The van der Waals surface area contributed by atoms with Crippen LogP contribution in [0.4, 0.5) is 4.39 Å². The minimum absolute atomic E-state index is 0. The fourth-order valence-electron chi connectivity index (χ4n) is 2.21. The minimum Gasteiger partial charge on any atom is -0.486 e. The molecule has 0 aliphatic heterocycles. The lowest BCUT2D eigenvalue weighted by Gasteiger charge is -2.18. The highest BCUT2D eigenvalue weighted by Gasteiger charge is 2.08. The molecule has 150 valence electrons. The van der Waals surface area contributed by atoms with E-state index in [0.29, 0.717) is 25.7 Å². The molecule has 0 fully saturated rings. The molecule has 0 amide bonds. The molecule has 0 aliphatic rings. The van der Waals surface area contributed by atoms with Crippen LogP contribution in [0.15, 0.2) is 52.1 Å². The molecule has 27 heavy (non-hydrogen) atoms. The number of furan rings is 1. The summed E-state index contributed by atoms with van der Waals surface area (Å²) in [5.41, 5.74) is 0. The first kappa shape index (κ1) is 23.2. The van der Waals surface area contributed by atoms with Crippen LogP contribution in [0.5, 0.6) is 5.75 Å². The van der Waals surface area contributed by atoms with Crippen LogP contribution < -0.4 is 15.4 Å². The maximum atomic E-state index is 13.6. The SMILES string of the molecule is CN=C(NCCCOCc1ccco1)NCC(C)Oc1ccccc1F.I. The molecule has 0 spiro atoms. The smallest absolute Gasteiger partial charge is 0.191 e. The normalized spacial score (nSPS) is 12.2. The molecule has 8 heteroatoms. The number of hydrogen-bond donors (Lipinski definition) is 2. The van der Waals surface area contributed by atoms with Crippen molar-refractivity contribution in [3.63, 3.8) is 0 Å². The lowest BCUT2D eigenvalue weighted by molar-refractivity contribution is 0.105. The van der Waals surface area contributed by atoms with Gasteiger partial charge in [-0.05, 0) is 37.6 Å². The molecule has 2 aromatic rings. The van der Waals surface area contributed by atoms with Gasteiger partial charge in [0.2, 0.25) is 0 Å². The summed E-state index contributed by atoms with van der Waals surface area (Å²) >= 11 is 0. The summed E-state index contributed by atoms with van der Waals surface area (Å²) in [6.07, 6.45) is 2.26. The number of para-hydroxylation sites is 1. The Morgan fingerprint density at radius 2 is 2.04 bits per heavy atom. The van der Waals surface area contributed by atoms with Crippen molar-refractivity contribution in [1.29, 1.82) is 0 Å². The highest BCUT2D eigenvalue weighted by Crippen LogP contribution is 2.16. The van der Waals surface area contributed by atoms with Gasteiger partial charge in [-0.1, -0.05) is 12.1 Å². The van der Waals surface area contributed by atoms with E-state index < -0.39 is 0 Å². The predicted octanol–water partition coefficient (Wildman–Crippen LogP) is 3.58. The molecule has 0 saturated heterocycles. The van der Waals surface area contributed by atoms with Crippen molar-refractivity contribution >= 4 is 29.9 Å².